The molecule has 0 radical (unpaired) electrons. The number of ether oxygens (including phenoxy) is 2. The van der Waals surface area contributed by atoms with E-state index in [0.29, 0.717) is 0 Å². The van der Waals surface area contributed by atoms with Crippen molar-refractivity contribution >= 4 is 30.5 Å². The zero-order chi connectivity index (χ0) is 14.0. The van der Waals surface area contributed by atoms with Gasteiger partial charge >= 0.3 is 0 Å². The molecule has 2 amide bonds. The van der Waals surface area contributed by atoms with Crippen LogP contribution in [0.2, 0.25) is 0 Å². The van der Waals surface area contributed by atoms with Gasteiger partial charge in [-0.15, -0.1) is 12.6 Å². The van der Waals surface area contributed by atoms with E-state index in [4.69, 9.17) is 9.47 Å². The highest BCUT2D eigenvalue weighted by molar-refractivity contribution is 7.80. The van der Waals surface area contributed by atoms with Crippen molar-refractivity contribution < 1.29 is 19.1 Å². The molecule has 0 N–H and O–H groups in total. The number of imide groups is 1. The molecular formula is C13H13NO4S. The quantitative estimate of drug-likeness (QED) is 0.660. The molecule has 1 aliphatic heterocycles. The van der Waals surface area contributed by atoms with Gasteiger partial charge in [0.1, 0.15) is 5.75 Å². The van der Waals surface area contributed by atoms with Gasteiger partial charge in [0.2, 0.25) is 11.5 Å². The molecule has 19 heavy (non-hydrogen) atoms. The number of benzene rings is 1. The van der Waals surface area contributed by atoms with Gasteiger partial charge in [-0.25, -0.2) is 4.90 Å². The maximum absolute atomic E-state index is 11.9. The Balaban J connectivity index is 2.24. The van der Waals surface area contributed by atoms with Gasteiger partial charge in [0.15, 0.2) is 5.76 Å². The first kappa shape index (κ1) is 13.5. The Bertz CT molecular complexity index is 538. The molecule has 1 aromatic rings. The molecule has 6 heteroatoms. The molecule has 1 fully saturated rings. The lowest BCUT2D eigenvalue weighted by Gasteiger charge is -2.12. The first-order chi connectivity index (χ1) is 9.02. The van der Waals surface area contributed by atoms with Crippen molar-refractivity contribution in [1.82, 2.24) is 4.90 Å². The zero-order valence-corrected chi connectivity index (χ0v) is 11.4. The largest absolute Gasteiger partial charge is 0.497 e. The monoisotopic (exact) mass is 279 g/mol. The summed E-state index contributed by atoms with van der Waals surface area (Å²) in [6, 6.07) is 7.11. The fourth-order valence-corrected chi connectivity index (χ4v) is 2.06. The summed E-state index contributed by atoms with van der Waals surface area (Å²) in [7, 11) is 1.58. The second-order valence-corrected chi connectivity index (χ2v) is 4.36. The maximum Gasteiger partial charge on any atom is 0.299 e. The molecule has 100 valence electrons. The molecule has 0 aromatic heterocycles. The van der Waals surface area contributed by atoms with Crippen LogP contribution in [0.1, 0.15) is 12.5 Å². The highest BCUT2D eigenvalue weighted by Gasteiger charge is 2.37. The molecule has 1 unspecified atom stereocenters. The topological polar surface area (TPSA) is 55.8 Å². The molecule has 1 saturated heterocycles. The Kier molecular flexibility index (Phi) is 3.80. The summed E-state index contributed by atoms with van der Waals surface area (Å²) in [5.41, 5.74) is -0.0930. The number of carbonyl (C=O) groups is 2. The lowest BCUT2D eigenvalue weighted by Crippen LogP contribution is -2.34. The minimum Gasteiger partial charge on any atom is -0.497 e. The van der Waals surface area contributed by atoms with Crippen molar-refractivity contribution in [3.05, 3.63) is 35.6 Å². The Morgan fingerprint density at radius 2 is 2.05 bits per heavy atom. The van der Waals surface area contributed by atoms with Crippen LogP contribution in [-0.2, 0) is 14.3 Å². The number of rotatable bonds is 2. The van der Waals surface area contributed by atoms with Crippen LogP contribution in [0.4, 0.5) is 0 Å². The summed E-state index contributed by atoms with van der Waals surface area (Å²) in [6.45, 7) is 1.29. The summed E-state index contributed by atoms with van der Waals surface area (Å²) in [5, 5.41) is 0. The summed E-state index contributed by atoms with van der Waals surface area (Å²) >= 11 is 4.04. The van der Waals surface area contributed by atoms with Crippen LogP contribution in [0.15, 0.2) is 30.0 Å². The first-order valence-corrected chi connectivity index (χ1v) is 6.09. The molecular weight excluding hydrogens is 266 g/mol. The van der Waals surface area contributed by atoms with Crippen molar-refractivity contribution in [2.45, 2.75) is 12.5 Å². The van der Waals surface area contributed by atoms with Gasteiger partial charge in [-0.05, 0) is 23.8 Å². The summed E-state index contributed by atoms with van der Waals surface area (Å²) in [4.78, 5) is 24.2. The highest BCUT2D eigenvalue weighted by atomic mass is 32.1. The lowest BCUT2D eigenvalue weighted by molar-refractivity contribution is -0.140. The number of hydrogen-bond donors (Lipinski definition) is 1. The summed E-state index contributed by atoms with van der Waals surface area (Å²) in [6.07, 6.45) is 1.56. The first-order valence-electron chi connectivity index (χ1n) is 5.57. The number of methoxy groups -OCH3 is 1. The van der Waals surface area contributed by atoms with Gasteiger partial charge in [0.25, 0.3) is 5.91 Å². The summed E-state index contributed by atoms with van der Waals surface area (Å²) < 4.78 is 10.3. The fourth-order valence-electron chi connectivity index (χ4n) is 1.68. The molecule has 0 bridgehead atoms. The third kappa shape index (κ3) is 2.73. The molecule has 5 nitrogen and oxygen atoms in total. The van der Waals surface area contributed by atoms with E-state index in [-0.39, 0.29) is 5.76 Å². The Labute approximate surface area is 116 Å². The van der Waals surface area contributed by atoms with Crippen LogP contribution in [0.5, 0.6) is 5.75 Å². The predicted octanol–water partition coefficient (Wildman–Crippen LogP) is 1.65. The van der Waals surface area contributed by atoms with Gasteiger partial charge in [0.05, 0.1) is 7.11 Å². The van der Waals surface area contributed by atoms with E-state index in [1.807, 2.05) is 0 Å². The Morgan fingerprint density at radius 1 is 1.42 bits per heavy atom. The minimum atomic E-state index is -0.866. The average Bonchev–Trinajstić information content (AvgIpc) is 2.65. The molecule has 0 aliphatic carbocycles. The van der Waals surface area contributed by atoms with Gasteiger partial charge in [-0.2, -0.15) is 0 Å². The van der Waals surface area contributed by atoms with E-state index in [1.165, 1.54) is 6.92 Å². The van der Waals surface area contributed by atoms with Crippen molar-refractivity contribution in [3.8, 4) is 5.75 Å². The standard InChI is InChI=1S/C13H13NO4S/c1-8(15)14-12(16)11(18-13(14)19)7-9-3-5-10(17-2)6-4-9/h3-7,13,19H,1-2H3. The predicted molar refractivity (Wildman–Crippen MR) is 72.4 cm³/mol. The van der Waals surface area contributed by atoms with E-state index in [2.05, 4.69) is 12.6 Å². The highest BCUT2D eigenvalue weighted by Crippen LogP contribution is 2.25. The normalized spacial score (nSPS) is 20.6. The van der Waals surface area contributed by atoms with E-state index in [0.717, 1.165) is 16.2 Å². The van der Waals surface area contributed by atoms with E-state index in [1.54, 1.807) is 37.5 Å². The number of nitrogens with zero attached hydrogens (tertiary/aromatic N) is 1. The van der Waals surface area contributed by atoms with Crippen LogP contribution in [-0.4, -0.2) is 29.4 Å². The Hall–Kier alpha value is -1.95. The van der Waals surface area contributed by atoms with Gasteiger partial charge in [0, 0.05) is 6.92 Å². The second kappa shape index (κ2) is 5.36. The lowest BCUT2D eigenvalue weighted by atomic mass is 10.2. The SMILES string of the molecule is COc1ccc(C=C2OC(S)N(C(C)=O)C2=O)cc1. The van der Waals surface area contributed by atoms with Crippen molar-refractivity contribution in [3.63, 3.8) is 0 Å². The van der Waals surface area contributed by atoms with Gasteiger partial charge in [-0.3, -0.25) is 9.59 Å². The van der Waals surface area contributed by atoms with Crippen LogP contribution in [0.25, 0.3) is 6.08 Å². The van der Waals surface area contributed by atoms with Crippen LogP contribution in [0.3, 0.4) is 0 Å². The zero-order valence-electron chi connectivity index (χ0n) is 10.5. The van der Waals surface area contributed by atoms with E-state index in [9.17, 15) is 9.59 Å². The average molecular weight is 279 g/mol. The molecule has 1 heterocycles. The van der Waals surface area contributed by atoms with E-state index >= 15 is 0 Å². The van der Waals surface area contributed by atoms with Crippen molar-refractivity contribution in [2.24, 2.45) is 0 Å². The number of hydrogen-bond acceptors (Lipinski definition) is 5. The van der Waals surface area contributed by atoms with Crippen LogP contribution in [0, 0.1) is 0 Å². The second-order valence-electron chi connectivity index (χ2n) is 3.92. The van der Waals surface area contributed by atoms with Crippen LogP contribution < -0.4 is 4.74 Å². The van der Waals surface area contributed by atoms with Crippen molar-refractivity contribution in [2.75, 3.05) is 7.11 Å². The smallest absolute Gasteiger partial charge is 0.299 e. The van der Waals surface area contributed by atoms with Gasteiger partial charge < -0.3 is 9.47 Å². The van der Waals surface area contributed by atoms with E-state index < -0.39 is 17.4 Å². The molecule has 1 aliphatic rings. The molecule has 1 atom stereocenters. The van der Waals surface area contributed by atoms with Crippen LogP contribution >= 0.6 is 12.6 Å². The molecule has 0 saturated carbocycles. The minimum absolute atomic E-state index is 0.0976. The maximum atomic E-state index is 11.9. The third-order valence-corrected chi connectivity index (χ3v) is 2.97. The molecule has 2 rings (SSSR count). The number of thiol groups is 1. The molecule has 0 spiro atoms. The third-order valence-electron chi connectivity index (χ3n) is 2.64. The number of amides is 2. The fraction of sp³-hybridized carbons (Fsp3) is 0.231. The van der Waals surface area contributed by atoms with Crippen molar-refractivity contribution in [1.29, 1.82) is 0 Å². The molecule has 1 aromatic carbocycles. The Morgan fingerprint density at radius 3 is 2.53 bits per heavy atom. The summed E-state index contributed by atoms with van der Waals surface area (Å²) in [5.74, 6) is -0.0648. The van der Waals surface area contributed by atoms with Gasteiger partial charge in [-0.1, -0.05) is 12.1 Å². The number of carbonyl (C=O) groups excluding carboxylic acids is 2.